The number of nitrogens with zero attached hydrogens (tertiary/aromatic N) is 2. The number of hydrogen-bond acceptors (Lipinski definition) is 3. The first kappa shape index (κ1) is 26.1. The van der Waals surface area contributed by atoms with Crippen LogP contribution < -0.4 is 0 Å². The summed E-state index contributed by atoms with van der Waals surface area (Å²) in [5.41, 5.74) is 8.35. The van der Waals surface area contributed by atoms with Crippen LogP contribution in [0.4, 0.5) is 0 Å². The maximum absolute atomic E-state index is 8.78. The fourth-order valence-corrected chi connectivity index (χ4v) is 9.10. The van der Waals surface area contributed by atoms with Crippen LogP contribution in [0.25, 0.3) is 92.8 Å². The molecule has 0 spiro atoms. The lowest BCUT2D eigenvalue weighted by Gasteiger charge is -2.24. The Kier molecular flexibility index (Phi) is 5.87. The number of hydrogen-bond donors (Lipinski definition) is 0. The molecule has 0 saturated heterocycles. The molecule has 7 aromatic carbocycles. The lowest BCUT2D eigenvalue weighted by Crippen LogP contribution is -2.09. The Morgan fingerprint density at radius 1 is 0.660 bits per heavy atom. The second-order valence-corrected chi connectivity index (χ2v) is 15.8. The van der Waals surface area contributed by atoms with Gasteiger partial charge in [0.25, 0.3) is 0 Å². The number of para-hydroxylation sites is 1. The average molecular weight is 711 g/mol. The van der Waals surface area contributed by atoms with Crippen molar-refractivity contribution < 1.29 is 12.6 Å². The van der Waals surface area contributed by atoms with Crippen LogP contribution in [-0.2, 0) is 0 Å². The van der Waals surface area contributed by atoms with Gasteiger partial charge in [-0.2, -0.15) is 0 Å². The fourth-order valence-electron chi connectivity index (χ4n) is 8.24. The molecule has 0 atom stereocenters. The van der Waals surface area contributed by atoms with Gasteiger partial charge in [-0.25, -0.2) is 4.98 Å². The van der Waals surface area contributed by atoms with Crippen LogP contribution in [0.15, 0.2) is 126 Å². The number of rotatable bonds is 5. The maximum atomic E-state index is 8.78. The van der Waals surface area contributed by atoms with E-state index >= 15 is 0 Å². The van der Waals surface area contributed by atoms with Crippen molar-refractivity contribution in [3.8, 4) is 28.2 Å². The fraction of sp³-hybridized carbons (Fsp3) is 0.163. The molecule has 0 bridgehead atoms. The first-order valence-corrected chi connectivity index (χ1v) is 19.0. The molecule has 0 fully saturated rings. The van der Waals surface area contributed by atoms with Crippen LogP contribution in [-0.4, -0.2) is 9.55 Å². The van der Waals surface area contributed by atoms with Crippen molar-refractivity contribution >= 4 is 75.9 Å². The molecule has 3 aromatic heterocycles. The second-order valence-electron chi connectivity index (χ2n) is 14.7. The van der Waals surface area contributed by atoms with E-state index < -0.39 is 13.7 Å². The van der Waals surface area contributed by atoms with Gasteiger partial charge >= 0.3 is 0 Å². The number of fused-ring (bicyclic) bond motifs is 9. The zero-order valence-electron chi connectivity index (χ0n) is 35.9. The van der Waals surface area contributed by atoms with Gasteiger partial charge in [-0.15, -0.1) is 11.3 Å². The number of furan rings is 1. The third-order valence-corrected chi connectivity index (χ3v) is 11.8. The predicted molar refractivity (Wildman–Crippen MR) is 227 cm³/mol. The zero-order valence-corrected chi connectivity index (χ0v) is 30.7. The first-order valence-electron chi connectivity index (χ1n) is 21.2. The summed E-state index contributed by atoms with van der Waals surface area (Å²) in [6.45, 7) is 3.34. The number of imidazole rings is 1. The largest absolute Gasteiger partial charge is 0.455 e. The molecule has 53 heavy (non-hydrogen) atoms. The maximum Gasteiger partial charge on any atom is 0.149 e. The molecule has 0 aliphatic heterocycles. The second kappa shape index (κ2) is 11.9. The molecule has 0 saturated carbocycles. The van der Waals surface area contributed by atoms with Crippen molar-refractivity contribution in [1.82, 2.24) is 9.55 Å². The van der Waals surface area contributed by atoms with Crippen LogP contribution >= 0.6 is 11.3 Å². The molecule has 0 N–H and O–H groups in total. The monoisotopic (exact) mass is 710 g/mol. The van der Waals surface area contributed by atoms with E-state index in [1.54, 1.807) is 0 Å². The summed E-state index contributed by atoms with van der Waals surface area (Å²) in [5.74, 6) is 0.673. The predicted octanol–water partition coefficient (Wildman–Crippen LogP) is 14.6. The molecule has 0 aliphatic rings. The third-order valence-electron chi connectivity index (χ3n) is 10.8. The average Bonchev–Trinajstić information content (AvgIpc) is 3.91. The van der Waals surface area contributed by atoms with E-state index in [-0.39, 0.29) is 22.3 Å². The van der Waals surface area contributed by atoms with E-state index in [4.69, 9.17) is 17.6 Å². The quantitative estimate of drug-likeness (QED) is 0.167. The summed E-state index contributed by atoms with van der Waals surface area (Å²) in [5, 5.41) is 6.83. The minimum atomic E-state index is -2.71. The van der Waals surface area contributed by atoms with Crippen LogP contribution in [0.3, 0.4) is 0 Å². The minimum absolute atomic E-state index is 0.0439. The van der Waals surface area contributed by atoms with E-state index in [1.807, 2.05) is 48.5 Å². The summed E-state index contributed by atoms with van der Waals surface area (Å²) < 4.78 is 61.4. The Bertz CT molecular complexity index is 3280. The van der Waals surface area contributed by atoms with E-state index in [1.165, 1.54) is 0 Å². The summed E-state index contributed by atoms with van der Waals surface area (Å²) in [6, 6.07) is 41.6. The normalized spacial score (nSPS) is 14.5. The van der Waals surface area contributed by atoms with Gasteiger partial charge in [0.2, 0.25) is 0 Å². The molecule has 10 rings (SSSR count). The highest BCUT2D eigenvalue weighted by Crippen LogP contribution is 2.46. The van der Waals surface area contributed by atoms with Crippen LogP contribution in [0.2, 0.25) is 0 Å². The standard InChI is InChI=1S/C49H40N2OS/c1-27(2)38-24-34(31-13-8-7-9-14-31)25-39(28(3)4)46(38)51-47-42(21-22-44-45(47)29(5)30(6)53-44)50-49(51)37-18-12-17-36-41-23-33-20-19-32-15-10-11-16-35(32)40(33)26-43(41)52-48(36)37/h7-28H,1-6H3/i5D3,6D3. The topological polar surface area (TPSA) is 31.0 Å². The Labute approximate surface area is 321 Å². The van der Waals surface area contributed by atoms with Crippen LogP contribution in [0.1, 0.15) is 69.3 Å². The molecule has 3 heterocycles. The Morgan fingerprint density at radius 2 is 1.42 bits per heavy atom. The SMILES string of the molecule is [2H]C([2H])([2H])c1sc2ccc3nc(-c4cccc5c4oc4cc6c(ccc7ccccc76)cc45)n(-c4c(C(C)C)cc(-c5ccccc5)cc4C(C)C)c3c2c1C([2H])([2H])[2H]. The highest BCUT2D eigenvalue weighted by atomic mass is 32.1. The van der Waals surface area contributed by atoms with Crippen LogP contribution in [0, 0.1) is 13.7 Å². The van der Waals surface area contributed by atoms with E-state index in [0.29, 0.717) is 32.5 Å². The molecule has 0 radical (unpaired) electrons. The molecular weight excluding hydrogens is 665 g/mol. The molecule has 4 heteroatoms. The summed E-state index contributed by atoms with van der Waals surface area (Å²) >= 11 is 1.03. The van der Waals surface area contributed by atoms with Gasteiger partial charge in [0.15, 0.2) is 0 Å². The summed E-state index contributed by atoms with van der Waals surface area (Å²) in [4.78, 5) is 5.26. The number of aromatic nitrogens is 2. The van der Waals surface area contributed by atoms with E-state index in [0.717, 1.165) is 82.7 Å². The Hall–Kier alpha value is -5.71. The summed E-state index contributed by atoms with van der Waals surface area (Å²) in [7, 11) is 0. The highest BCUT2D eigenvalue weighted by Gasteiger charge is 2.27. The molecule has 0 unspecified atom stereocenters. The van der Waals surface area contributed by atoms with Gasteiger partial charge in [-0.3, -0.25) is 4.57 Å². The number of thiophene rings is 1. The number of benzene rings is 7. The van der Waals surface area contributed by atoms with Gasteiger partial charge in [0.1, 0.15) is 17.0 Å². The number of aryl methyl sites for hydroxylation is 2. The van der Waals surface area contributed by atoms with Crippen molar-refractivity contribution in [2.75, 3.05) is 0 Å². The Balaban J connectivity index is 1.38. The molecule has 0 amide bonds. The molecule has 258 valence electrons. The molecule has 0 aliphatic carbocycles. The van der Waals surface area contributed by atoms with Crippen molar-refractivity contribution in [2.24, 2.45) is 0 Å². The molecule has 3 nitrogen and oxygen atoms in total. The molecular formula is C49H40N2OS. The van der Waals surface area contributed by atoms with Crippen LogP contribution in [0.5, 0.6) is 0 Å². The van der Waals surface area contributed by atoms with Gasteiger partial charge < -0.3 is 4.42 Å². The van der Waals surface area contributed by atoms with Gasteiger partial charge in [0, 0.05) is 34.0 Å². The minimum Gasteiger partial charge on any atom is -0.455 e. The zero-order chi connectivity index (χ0) is 41.1. The van der Waals surface area contributed by atoms with Crippen molar-refractivity contribution in [3.05, 3.63) is 143 Å². The lowest BCUT2D eigenvalue weighted by atomic mass is 9.88. The smallest absolute Gasteiger partial charge is 0.149 e. The van der Waals surface area contributed by atoms with Crippen molar-refractivity contribution in [2.45, 2.75) is 53.2 Å². The Morgan fingerprint density at radius 3 is 2.19 bits per heavy atom. The first-order chi connectivity index (χ1) is 28.2. The van der Waals surface area contributed by atoms with Gasteiger partial charge in [-0.1, -0.05) is 107 Å². The molecule has 10 aromatic rings. The van der Waals surface area contributed by atoms with E-state index in [9.17, 15) is 0 Å². The van der Waals surface area contributed by atoms with Crippen molar-refractivity contribution in [3.63, 3.8) is 0 Å². The van der Waals surface area contributed by atoms with Gasteiger partial charge in [-0.05, 0) is 117 Å². The lowest BCUT2D eigenvalue weighted by molar-refractivity contribution is 0.670. The summed E-state index contributed by atoms with van der Waals surface area (Å²) in [6.07, 6.45) is 0. The highest BCUT2D eigenvalue weighted by molar-refractivity contribution is 7.19. The van der Waals surface area contributed by atoms with Crippen molar-refractivity contribution in [1.29, 1.82) is 0 Å². The van der Waals surface area contributed by atoms with E-state index in [2.05, 4.69) is 105 Å². The third kappa shape index (κ3) is 4.82. The van der Waals surface area contributed by atoms with Gasteiger partial charge in [0.05, 0.1) is 22.3 Å².